The Bertz CT molecular complexity index is 537. The maximum Gasteiger partial charge on any atom is 0.298 e. The van der Waals surface area contributed by atoms with Crippen molar-refractivity contribution in [3.8, 4) is 0 Å². The summed E-state index contributed by atoms with van der Waals surface area (Å²) in [6.45, 7) is 3.54. The Morgan fingerprint density at radius 2 is 2.10 bits per heavy atom. The highest BCUT2D eigenvalue weighted by atomic mass is 19.1. The van der Waals surface area contributed by atoms with Crippen LogP contribution in [0.15, 0.2) is 12.1 Å². The number of nitrogens with one attached hydrogen (secondary N) is 1. The molecule has 1 rings (SSSR count). The zero-order valence-corrected chi connectivity index (χ0v) is 11.0. The average molecular weight is 287 g/mol. The van der Waals surface area contributed by atoms with Crippen LogP contribution in [0.1, 0.15) is 20.3 Å². The summed E-state index contributed by atoms with van der Waals surface area (Å²) >= 11 is 0. The van der Waals surface area contributed by atoms with E-state index in [-0.39, 0.29) is 5.92 Å². The molecule has 0 saturated carbocycles. The molecule has 110 valence electrons. The van der Waals surface area contributed by atoms with Gasteiger partial charge in [-0.3, -0.25) is 14.9 Å². The van der Waals surface area contributed by atoms with E-state index in [9.17, 15) is 23.7 Å². The fraction of sp³-hybridized carbons (Fsp3) is 0.417. The first kappa shape index (κ1) is 16.0. The molecule has 0 heterocycles. The van der Waals surface area contributed by atoms with Gasteiger partial charge in [0.2, 0.25) is 5.91 Å². The van der Waals surface area contributed by atoms with E-state index in [0.29, 0.717) is 18.6 Å². The number of nitro benzene ring substituents is 1. The Morgan fingerprint density at radius 3 is 2.60 bits per heavy atom. The van der Waals surface area contributed by atoms with Gasteiger partial charge in [0.25, 0.3) is 5.69 Å². The van der Waals surface area contributed by atoms with Gasteiger partial charge in [0.15, 0.2) is 11.5 Å². The summed E-state index contributed by atoms with van der Waals surface area (Å²) in [6, 6.07) is 0.0502. The van der Waals surface area contributed by atoms with Crippen LogP contribution < -0.4 is 11.1 Å². The number of halogens is 2. The number of benzene rings is 1. The van der Waals surface area contributed by atoms with E-state index in [1.165, 1.54) is 0 Å². The van der Waals surface area contributed by atoms with Crippen molar-refractivity contribution in [2.24, 2.45) is 11.7 Å². The molecule has 1 aromatic rings. The normalized spacial score (nSPS) is 13.7. The highest BCUT2D eigenvalue weighted by Gasteiger charge is 2.26. The Morgan fingerprint density at radius 1 is 1.50 bits per heavy atom. The highest BCUT2D eigenvalue weighted by molar-refractivity contribution is 5.96. The highest BCUT2D eigenvalue weighted by Crippen LogP contribution is 2.29. The fourth-order valence-electron chi connectivity index (χ4n) is 1.55. The molecule has 1 amide bonds. The van der Waals surface area contributed by atoms with Crippen LogP contribution in [0, 0.1) is 27.7 Å². The molecule has 2 atom stereocenters. The molecule has 0 spiro atoms. The van der Waals surface area contributed by atoms with Gasteiger partial charge in [0.1, 0.15) is 5.82 Å². The molecule has 8 heteroatoms. The molecule has 1 unspecified atom stereocenters. The maximum atomic E-state index is 13.6. The van der Waals surface area contributed by atoms with Crippen molar-refractivity contribution in [1.29, 1.82) is 0 Å². The van der Waals surface area contributed by atoms with Crippen LogP contribution in [0.2, 0.25) is 0 Å². The molecule has 6 nitrogen and oxygen atoms in total. The van der Waals surface area contributed by atoms with Crippen molar-refractivity contribution in [3.05, 3.63) is 33.9 Å². The third kappa shape index (κ3) is 3.47. The Hall–Kier alpha value is -2.09. The molecule has 0 fully saturated rings. The number of nitro groups is 1. The molecule has 3 N–H and O–H groups in total. The third-order valence-electron chi connectivity index (χ3n) is 3.04. The summed E-state index contributed by atoms with van der Waals surface area (Å²) in [5.41, 5.74) is 4.11. The minimum Gasteiger partial charge on any atom is -0.320 e. The number of rotatable bonds is 5. The minimum absolute atomic E-state index is 0.183. The van der Waals surface area contributed by atoms with E-state index in [0.717, 1.165) is 0 Å². The van der Waals surface area contributed by atoms with Crippen LogP contribution in [0.25, 0.3) is 0 Å². The third-order valence-corrected chi connectivity index (χ3v) is 3.04. The Labute approximate surface area is 114 Å². The van der Waals surface area contributed by atoms with Gasteiger partial charge in [-0.2, -0.15) is 0 Å². The van der Waals surface area contributed by atoms with Crippen molar-refractivity contribution in [1.82, 2.24) is 0 Å². The molecular weight excluding hydrogens is 272 g/mol. The number of hydrogen-bond donors (Lipinski definition) is 2. The number of anilines is 1. The number of carbonyl (C=O) groups is 1. The summed E-state index contributed by atoms with van der Waals surface area (Å²) in [5, 5.41) is 12.8. The number of carbonyl (C=O) groups excluding carboxylic acids is 1. The van der Waals surface area contributed by atoms with Crippen LogP contribution in [0.3, 0.4) is 0 Å². The molecular formula is C12H15F2N3O3. The van der Waals surface area contributed by atoms with Crippen LogP contribution >= 0.6 is 0 Å². The maximum absolute atomic E-state index is 13.6. The lowest BCUT2D eigenvalue weighted by molar-refractivity contribution is -0.384. The number of hydrogen-bond acceptors (Lipinski definition) is 4. The van der Waals surface area contributed by atoms with Gasteiger partial charge in [-0.25, -0.2) is 8.78 Å². The van der Waals surface area contributed by atoms with Crippen LogP contribution in [0.4, 0.5) is 20.2 Å². The van der Waals surface area contributed by atoms with Crippen molar-refractivity contribution in [2.75, 3.05) is 5.32 Å². The van der Waals surface area contributed by atoms with Crippen LogP contribution in [-0.2, 0) is 4.79 Å². The van der Waals surface area contributed by atoms with E-state index >= 15 is 0 Å². The average Bonchev–Trinajstić information content (AvgIpc) is 2.39. The molecule has 0 aliphatic heterocycles. The second-order valence-electron chi connectivity index (χ2n) is 4.44. The van der Waals surface area contributed by atoms with Gasteiger partial charge in [0.05, 0.1) is 17.0 Å². The van der Waals surface area contributed by atoms with E-state index in [1.54, 1.807) is 6.92 Å². The van der Waals surface area contributed by atoms with Crippen molar-refractivity contribution in [2.45, 2.75) is 26.3 Å². The van der Waals surface area contributed by atoms with Crippen molar-refractivity contribution < 1.29 is 18.5 Å². The zero-order chi connectivity index (χ0) is 15.4. The predicted molar refractivity (Wildman–Crippen MR) is 69.1 cm³/mol. The van der Waals surface area contributed by atoms with Gasteiger partial charge in [-0.15, -0.1) is 0 Å². The summed E-state index contributed by atoms with van der Waals surface area (Å²) in [7, 11) is 0. The first-order chi connectivity index (χ1) is 9.27. The summed E-state index contributed by atoms with van der Waals surface area (Å²) in [4.78, 5) is 21.6. The smallest absolute Gasteiger partial charge is 0.298 e. The summed E-state index contributed by atoms with van der Waals surface area (Å²) in [5.74, 6) is -3.26. The monoisotopic (exact) mass is 287 g/mol. The lowest BCUT2D eigenvalue weighted by atomic mass is 9.99. The SMILES string of the molecule is CCC(C)[C@H](N)C(=O)Nc1c(F)cc(F)cc1[N+](=O)[O-]. The van der Waals surface area contributed by atoms with Crippen LogP contribution in [0.5, 0.6) is 0 Å². The molecule has 1 aromatic carbocycles. The second-order valence-corrected chi connectivity index (χ2v) is 4.44. The van der Waals surface area contributed by atoms with Gasteiger partial charge < -0.3 is 11.1 Å². The fourth-order valence-corrected chi connectivity index (χ4v) is 1.55. The largest absolute Gasteiger partial charge is 0.320 e. The van der Waals surface area contributed by atoms with Gasteiger partial charge in [-0.1, -0.05) is 20.3 Å². The first-order valence-corrected chi connectivity index (χ1v) is 5.97. The van der Waals surface area contributed by atoms with E-state index in [2.05, 4.69) is 5.32 Å². The molecule has 0 aliphatic carbocycles. The molecule has 0 radical (unpaired) electrons. The molecule has 0 aliphatic rings. The molecule has 0 bridgehead atoms. The molecule has 0 saturated heterocycles. The summed E-state index contributed by atoms with van der Waals surface area (Å²) < 4.78 is 26.5. The zero-order valence-electron chi connectivity index (χ0n) is 11.0. The summed E-state index contributed by atoms with van der Waals surface area (Å²) in [6.07, 6.45) is 0.614. The Balaban J connectivity index is 3.09. The second kappa shape index (κ2) is 6.38. The Kier molecular flexibility index (Phi) is 5.09. The number of amides is 1. The van der Waals surface area contributed by atoms with Crippen LogP contribution in [-0.4, -0.2) is 16.9 Å². The molecule has 0 aromatic heterocycles. The predicted octanol–water partition coefficient (Wildman–Crippen LogP) is 2.18. The van der Waals surface area contributed by atoms with Gasteiger partial charge in [0, 0.05) is 6.07 Å². The molecule has 20 heavy (non-hydrogen) atoms. The first-order valence-electron chi connectivity index (χ1n) is 5.97. The lowest BCUT2D eigenvalue weighted by Gasteiger charge is -2.17. The van der Waals surface area contributed by atoms with Crippen molar-refractivity contribution >= 4 is 17.3 Å². The van der Waals surface area contributed by atoms with E-state index in [4.69, 9.17) is 5.73 Å². The number of nitrogens with zero attached hydrogens (tertiary/aromatic N) is 1. The topological polar surface area (TPSA) is 98.3 Å². The standard InChI is InChI=1S/C12H15F2N3O3/c1-3-6(2)10(15)12(18)16-11-8(14)4-7(13)5-9(11)17(19)20/h4-6,10H,3,15H2,1-2H3,(H,16,18)/t6?,10-/m0/s1. The lowest BCUT2D eigenvalue weighted by Crippen LogP contribution is -2.40. The van der Waals surface area contributed by atoms with Gasteiger partial charge >= 0.3 is 0 Å². The number of nitrogens with two attached hydrogens (primary N) is 1. The quantitative estimate of drug-likeness (QED) is 0.640. The van der Waals surface area contributed by atoms with Gasteiger partial charge in [-0.05, 0) is 5.92 Å². The van der Waals surface area contributed by atoms with E-state index < -0.39 is 39.9 Å². The van der Waals surface area contributed by atoms with E-state index in [1.807, 2.05) is 6.92 Å². The minimum atomic E-state index is -1.22. The van der Waals surface area contributed by atoms with Crippen molar-refractivity contribution in [3.63, 3.8) is 0 Å².